The number of aliphatic imine (C=N–C) groups is 1. The Morgan fingerprint density at radius 2 is 2.33 bits per heavy atom. The highest BCUT2D eigenvalue weighted by Gasteiger charge is 2.21. The van der Waals surface area contributed by atoms with Crippen molar-refractivity contribution in [1.29, 1.82) is 0 Å². The molecule has 1 unspecified atom stereocenters. The predicted octanol–water partition coefficient (Wildman–Crippen LogP) is 2.31. The highest BCUT2D eigenvalue weighted by atomic mass is 32.2. The van der Waals surface area contributed by atoms with E-state index in [-0.39, 0.29) is 5.91 Å². The van der Waals surface area contributed by atoms with E-state index in [4.69, 9.17) is 4.74 Å². The SMILES string of the molecule is CCC1CN=C(NC(=O)c2ccccc2OC)S1. The van der Waals surface area contributed by atoms with Crippen LogP contribution < -0.4 is 10.1 Å². The first kappa shape index (κ1) is 13.0. The molecule has 0 bridgehead atoms. The molecule has 1 aliphatic heterocycles. The lowest BCUT2D eigenvalue weighted by Crippen LogP contribution is -2.28. The smallest absolute Gasteiger partial charge is 0.260 e. The van der Waals surface area contributed by atoms with Gasteiger partial charge in [-0.1, -0.05) is 30.8 Å². The number of carbonyl (C=O) groups is 1. The summed E-state index contributed by atoms with van der Waals surface area (Å²) in [6.45, 7) is 2.90. The lowest BCUT2D eigenvalue weighted by molar-refractivity contribution is 0.0975. The maximum Gasteiger partial charge on any atom is 0.260 e. The molecular weight excluding hydrogens is 248 g/mol. The zero-order chi connectivity index (χ0) is 13.0. The normalized spacial score (nSPS) is 18.3. The molecule has 96 valence electrons. The zero-order valence-corrected chi connectivity index (χ0v) is 11.3. The maximum absolute atomic E-state index is 12.1. The van der Waals surface area contributed by atoms with Crippen LogP contribution in [0.4, 0.5) is 0 Å². The summed E-state index contributed by atoms with van der Waals surface area (Å²) in [5.41, 5.74) is 0.531. The van der Waals surface area contributed by atoms with E-state index < -0.39 is 0 Å². The molecule has 0 saturated heterocycles. The van der Waals surface area contributed by atoms with Gasteiger partial charge < -0.3 is 10.1 Å². The van der Waals surface area contributed by atoms with Crippen LogP contribution >= 0.6 is 11.8 Å². The van der Waals surface area contributed by atoms with E-state index in [1.807, 2.05) is 12.1 Å². The second-order valence-electron chi connectivity index (χ2n) is 3.95. The first-order valence-corrected chi connectivity index (χ1v) is 6.78. The Labute approximate surface area is 111 Å². The van der Waals surface area contributed by atoms with E-state index in [1.165, 1.54) is 0 Å². The topological polar surface area (TPSA) is 50.7 Å². The summed E-state index contributed by atoms with van der Waals surface area (Å²) in [5.74, 6) is 0.404. The number of carbonyl (C=O) groups excluding carboxylic acids is 1. The largest absolute Gasteiger partial charge is 0.496 e. The standard InChI is InChI=1S/C13H16N2O2S/c1-3-9-8-14-13(18-9)15-12(16)10-6-4-5-7-11(10)17-2/h4-7,9H,3,8H2,1-2H3,(H,14,15,16). The monoisotopic (exact) mass is 264 g/mol. The zero-order valence-electron chi connectivity index (χ0n) is 10.5. The van der Waals surface area contributed by atoms with Crippen molar-refractivity contribution in [2.24, 2.45) is 4.99 Å². The van der Waals surface area contributed by atoms with Crippen molar-refractivity contribution in [1.82, 2.24) is 5.32 Å². The summed E-state index contributed by atoms with van der Waals surface area (Å²) in [4.78, 5) is 16.4. The third kappa shape index (κ3) is 2.85. The Hall–Kier alpha value is -1.49. The number of nitrogens with one attached hydrogen (secondary N) is 1. The quantitative estimate of drug-likeness (QED) is 0.911. The molecule has 1 aromatic rings. The molecule has 0 fully saturated rings. The number of rotatable bonds is 3. The van der Waals surface area contributed by atoms with E-state index >= 15 is 0 Å². The molecule has 1 N–H and O–H groups in total. The van der Waals surface area contributed by atoms with E-state index in [9.17, 15) is 4.79 Å². The number of para-hydroxylation sites is 1. The average Bonchev–Trinajstić information content (AvgIpc) is 2.86. The fourth-order valence-electron chi connectivity index (χ4n) is 1.70. The van der Waals surface area contributed by atoms with E-state index in [0.717, 1.165) is 13.0 Å². The number of amidine groups is 1. The molecule has 2 rings (SSSR count). The third-order valence-corrected chi connectivity index (χ3v) is 4.01. The van der Waals surface area contributed by atoms with E-state index in [1.54, 1.807) is 31.0 Å². The Balaban J connectivity index is 2.04. The molecule has 0 radical (unpaired) electrons. The summed E-state index contributed by atoms with van der Waals surface area (Å²) >= 11 is 1.62. The van der Waals surface area contributed by atoms with Crippen molar-refractivity contribution in [3.63, 3.8) is 0 Å². The Morgan fingerprint density at radius 3 is 3.00 bits per heavy atom. The number of hydrogen-bond acceptors (Lipinski definition) is 4. The summed E-state index contributed by atoms with van der Waals surface area (Å²) in [6, 6.07) is 7.17. The van der Waals surface area contributed by atoms with Crippen molar-refractivity contribution in [3.05, 3.63) is 29.8 Å². The molecule has 18 heavy (non-hydrogen) atoms. The molecule has 0 saturated carbocycles. The van der Waals surface area contributed by atoms with Crippen LogP contribution in [0.5, 0.6) is 5.75 Å². The van der Waals surface area contributed by atoms with Crippen LogP contribution in [-0.4, -0.2) is 30.0 Å². The molecule has 0 spiro atoms. The number of nitrogens with zero attached hydrogens (tertiary/aromatic N) is 1. The van der Waals surface area contributed by atoms with Crippen LogP contribution in [0.1, 0.15) is 23.7 Å². The van der Waals surface area contributed by atoms with E-state index in [2.05, 4.69) is 17.2 Å². The summed E-state index contributed by atoms with van der Waals surface area (Å²) in [6.07, 6.45) is 1.06. The van der Waals surface area contributed by atoms with Gasteiger partial charge in [0.05, 0.1) is 19.2 Å². The summed E-state index contributed by atoms with van der Waals surface area (Å²) in [7, 11) is 1.56. The van der Waals surface area contributed by atoms with Gasteiger partial charge in [-0.05, 0) is 18.6 Å². The lowest BCUT2D eigenvalue weighted by Gasteiger charge is -2.09. The lowest BCUT2D eigenvalue weighted by atomic mass is 10.2. The number of hydrogen-bond donors (Lipinski definition) is 1. The fourth-order valence-corrected chi connectivity index (χ4v) is 2.63. The van der Waals surface area contributed by atoms with Gasteiger partial charge in [0, 0.05) is 5.25 Å². The van der Waals surface area contributed by atoms with Gasteiger partial charge in [0.15, 0.2) is 5.17 Å². The van der Waals surface area contributed by atoms with Crippen LogP contribution in [0.2, 0.25) is 0 Å². The first-order valence-electron chi connectivity index (χ1n) is 5.90. The van der Waals surface area contributed by atoms with Crippen molar-refractivity contribution >= 4 is 22.8 Å². The molecule has 0 aromatic heterocycles. The van der Waals surface area contributed by atoms with Crippen LogP contribution in [0, 0.1) is 0 Å². The van der Waals surface area contributed by atoms with E-state index in [0.29, 0.717) is 21.7 Å². The third-order valence-electron chi connectivity index (χ3n) is 2.74. The molecule has 5 heteroatoms. The van der Waals surface area contributed by atoms with Crippen molar-refractivity contribution in [3.8, 4) is 5.75 Å². The van der Waals surface area contributed by atoms with Crippen molar-refractivity contribution < 1.29 is 9.53 Å². The minimum Gasteiger partial charge on any atom is -0.496 e. The highest BCUT2D eigenvalue weighted by molar-refractivity contribution is 8.14. The van der Waals surface area contributed by atoms with Crippen LogP contribution in [0.25, 0.3) is 0 Å². The van der Waals surface area contributed by atoms with Crippen LogP contribution in [0.3, 0.4) is 0 Å². The summed E-state index contributed by atoms with van der Waals surface area (Å²) < 4.78 is 5.17. The molecule has 0 aliphatic carbocycles. The van der Waals surface area contributed by atoms with Gasteiger partial charge in [0.2, 0.25) is 0 Å². The van der Waals surface area contributed by atoms with Gasteiger partial charge in [-0.25, -0.2) is 0 Å². The van der Waals surface area contributed by atoms with Gasteiger partial charge in [-0.15, -0.1) is 0 Å². The number of ether oxygens (including phenoxy) is 1. The molecule has 1 aliphatic rings. The van der Waals surface area contributed by atoms with Crippen molar-refractivity contribution in [2.75, 3.05) is 13.7 Å². The predicted molar refractivity (Wildman–Crippen MR) is 74.4 cm³/mol. The number of amides is 1. The summed E-state index contributed by atoms with van der Waals surface area (Å²) in [5, 5.41) is 4.02. The van der Waals surface area contributed by atoms with Crippen LogP contribution in [0.15, 0.2) is 29.3 Å². The van der Waals surface area contributed by atoms with Crippen LogP contribution in [-0.2, 0) is 0 Å². The molecule has 1 atom stereocenters. The number of benzene rings is 1. The Morgan fingerprint density at radius 1 is 1.56 bits per heavy atom. The van der Waals surface area contributed by atoms with Gasteiger partial charge in [0.25, 0.3) is 5.91 Å². The van der Waals surface area contributed by atoms with Gasteiger partial charge >= 0.3 is 0 Å². The van der Waals surface area contributed by atoms with Gasteiger partial charge in [0.1, 0.15) is 5.75 Å². The molecule has 4 nitrogen and oxygen atoms in total. The second kappa shape index (κ2) is 5.91. The molecular formula is C13H16N2O2S. The van der Waals surface area contributed by atoms with Gasteiger partial charge in [-0.2, -0.15) is 0 Å². The molecule has 1 aromatic carbocycles. The Bertz CT molecular complexity index is 474. The Kier molecular flexibility index (Phi) is 4.25. The molecule has 1 heterocycles. The second-order valence-corrected chi connectivity index (χ2v) is 5.24. The highest BCUT2D eigenvalue weighted by Crippen LogP contribution is 2.23. The number of thioether (sulfide) groups is 1. The minimum absolute atomic E-state index is 0.171. The minimum atomic E-state index is -0.171. The van der Waals surface area contributed by atoms with Crippen molar-refractivity contribution in [2.45, 2.75) is 18.6 Å². The maximum atomic E-state index is 12.1. The number of methoxy groups -OCH3 is 1. The molecule has 1 amide bonds. The average molecular weight is 264 g/mol. The van der Waals surface area contributed by atoms with Gasteiger partial charge in [-0.3, -0.25) is 9.79 Å². The first-order chi connectivity index (χ1) is 8.74. The fraction of sp³-hybridized carbons (Fsp3) is 0.385.